The summed E-state index contributed by atoms with van der Waals surface area (Å²) in [5.41, 5.74) is 2.17. The SMILES string of the molecule is CCCCOc1ccc(-c2ccc(CCCC)cc2)c(F)c1F. The summed E-state index contributed by atoms with van der Waals surface area (Å²) in [5, 5.41) is 0. The molecule has 23 heavy (non-hydrogen) atoms. The van der Waals surface area contributed by atoms with Crippen molar-refractivity contribution in [3.63, 3.8) is 0 Å². The van der Waals surface area contributed by atoms with Crippen molar-refractivity contribution in [2.75, 3.05) is 6.61 Å². The second-order valence-electron chi connectivity index (χ2n) is 5.74. The van der Waals surface area contributed by atoms with Crippen LogP contribution in [-0.2, 0) is 6.42 Å². The summed E-state index contributed by atoms with van der Waals surface area (Å²) in [5.74, 6) is -1.77. The average molecular weight is 318 g/mol. The van der Waals surface area contributed by atoms with E-state index in [1.54, 1.807) is 6.07 Å². The molecule has 0 aliphatic carbocycles. The normalized spacial score (nSPS) is 10.8. The lowest BCUT2D eigenvalue weighted by molar-refractivity contribution is 0.289. The Morgan fingerprint density at radius 1 is 0.826 bits per heavy atom. The van der Waals surface area contributed by atoms with Gasteiger partial charge in [0.2, 0.25) is 5.82 Å². The number of rotatable bonds is 8. The zero-order valence-electron chi connectivity index (χ0n) is 13.9. The van der Waals surface area contributed by atoms with Crippen LogP contribution in [0, 0.1) is 11.6 Å². The molecule has 124 valence electrons. The molecule has 0 aromatic heterocycles. The summed E-state index contributed by atoms with van der Waals surface area (Å²) in [4.78, 5) is 0. The fraction of sp³-hybridized carbons (Fsp3) is 0.400. The highest BCUT2D eigenvalue weighted by Gasteiger charge is 2.15. The predicted molar refractivity (Wildman–Crippen MR) is 90.8 cm³/mol. The molecule has 0 saturated heterocycles. The van der Waals surface area contributed by atoms with Crippen molar-refractivity contribution in [1.29, 1.82) is 0 Å². The van der Waals surface area contributed by atoms with Crippen molar-refractivity contribution in [1.82, 2.24) is 0 Å². The van der Waals surface area contributed by atoms with E-state index in [1.807, 2.05) is 31.2 Å². The van der Waals surface area contributed by atoms with Gasteiger partial charge in [-0.15, -0.1) is 0 Å². The van der Waals surface area contributed by atoms with E-state index in [9.17, 15) is 8.78 Å². The third-order valence-corrected chi connectivity index (χ3v) is 3.89. The summed E-state index contributed by atoms with van der Waals surface area (Å²) in [6.45, 7) is 4.57. The van der Waals surface area contributed by atoms with Crippen LogP contribution in [0.2, 0.25) is 0 Å². The Morgan fingerprint density at radius 3 is 2.17 bits per heavy atom. The van der Waals surface area contributed by atoms with Crippen LogP contribution in [0.15, 0.2) is 36.4 Å². The molecule has 0 unspecified atom stereocenters. The molecule has 1 nitrogen and oxygen atoms in total. The first-order valence-corrected chi connectivity index (χ1v) is 8.37. The highest BCUT2D eigenvalue weighted by atomic mass is 19.2. The number of unbranched alkanes of at least 4 members (excludes halogenated alkanes) is 2. The van der Waals surface area contributed by atoms with Crippen LogP contribution in [0.5, 0.6) is 5.75 Å². The first-order valence-electron chi connectivity index (χ1n) is 8.37. The fourth-order valence-corrected chi connectivity index (χ4v) is 2.42. The van der Waals surface area contributed by atoms with Gasteiger partial charge in [-0.2, -0.15) is 4.39 Å². The van der Waals surface area contributed by atoms with Gasteiger partial charge in [0, 0.05) is 5.56 Å². The maximum absolute atomic E-state index is 14.3. The highest BCUT2D eigenvalue weighted by Crippen LogP contribution is 2.30. The molecule has 0 bridgehead atoms. The molecule has 0 radical (unpaired) electrons. The standard InChI is InChI=1S/C20H24F2O/c1-3-5-7-15-8-10-16(11-9-15)17-12-13-18(20(22)19(17)21)23-14-6-4-2/h8-13H,3-7,14H2,1-2H3. The molecule has 2 aromatic rings. The van der Waals surface area contributed by atoms with Crippen LogP contribution in [0.4, 0.5) is 8.78 Å². The summed E-state index contributed by atoms with van der Waals surface area (Å²) < 4.78 is 33.7. The van der Waals surface area contributed by atoms with Crippen molar-refractivity contribution in [2.24, 2.45) is 0 Å². The molecule has 0 amide bonds. The summed E-state index contributed by atoms with van der Waals surface area (Å²) in [6.07, 6.45) is 5.06. The Balaban J connectivity index is 2.18. The topological polar surface area (TPSA) is 9.23 Å². The van der Waals surface area contributed by atoms with E-state index >= 15 is 0 Å². The molecule has 0 atom stereocenters. The van der Waals surface area contributed by atoms with E-state index < -0.39 is 11.6 Å². The molecule has 3 heteroatoms. The Morgan fingerprint density at radius 2 is 1.52 bits per heavy atom. The number of ether oxygens (including phenoxy) is 1. The summed E-state index contributed by atoms with van der Waals surface area (Å²) in [6, 6.07) is 10.7. The van der Waals surface area contributed by atoms with Crippen LogP contribution in [0.3, 0.4) is 0 Å². The van der Waals surface area contributed by atoms with Gasteiger partial charge >= 0.3 is 0 Å². The second-order valence-corrected chi connectivity index (χ2v) is 5.74. The van der Waals surface area contributed by atoms with Crippen LogP contribution in [0.1, 0.15) is 45.1 Å². The quantitative estimate of drug-likeness (QED) is 0.530. The van der Waals surface area contributed by atoms with Crippen molar-refractivity contribution < 1.29 is 13.5 Å². The van der Waals surface area contributed by atoms with E-state index in [-0.39, 0.29) is 11.3 Å². The van der Waals surface area contributed by atoms with Gasteiger partial charge in [-0.25, -0.2) is 4.39 Å². The lowest BCUT2D eigenvalue weighted by Crippen LogP contribution is -2.01. The van der Waals surface area contributed by atoms with Crippen LogP contribution in [-0.4, -0.2) is 6.61 Å². The Hall–Kier alpha value is -1.90. The van der Waals surface area contributed by atoms with E-state index in [2.05, 4.69) is 6.92 Å². The first-order chi connectivity index (χ1) is 11.2. The van der Waals surface area contributed by atoms with E-state index in [0.717, 1.165) is 32.1 Å². The van der Waals surface area contributed by atoms with Crippen LogP contribution < -0.4 is 4.74 Å². The maximum atomic E-state index is 14.3. The molecule has 0 aliphatic rings. The number of aryl methyl sites for hydroxylation is 1. The van der Waals surface area contributed by atoms with Crippen LogP contribution >= 0.6 is 0 Å². The van der Waals surface area contributed by atoms with Crippen LogP contribution in [0.25, 0.3) is 11.1 Å². The number of benzene rings is 2. The van der Waals surface area contributed by atoms with Gasteiger partial charge in [0.15, 0.2) is 11.6 Å². The minimum absolute atomic E-state index is 0.0146. The number of hydrogen-bond donors (Lipinski definition) is 0. The first kappa shape index (κ1) is 17.5. The minimum atomic E-state index is -0.909. The molecule has 2 aromatic carbocycles. The maximum Gasteiger partial charge on any atom is 0.201 e. The summed E-state index contributed by atoms with van der Waals surface area (Å²) >= 11 is 0. The highest BCUT2D eigenvalue weighted by molar-refractivity contribution is 5.65. The fourth-order valence-electron chi connectivity index (χ4n) is 2.42. The molecule has 0 fully saturated rings. The summed E-state index contributed by atoms with van der Waals surface area (Å²) in [7, 11) is 0. The van der Waals surface area contributed by atoms with Gasteiger partial charge < -0.3 is 4.74 Å². The molecule has 0 N–H and O–H groups in total. The van der Waals surface area contributed by atoms with Gasteiger partial charge in [-0.05, 0) is 42.5 Å². The van der Waals surface area contributed by atoms with E-state index in [1.165, 1.54) is 11.6 Å². The zero-order chi connectivity index (χ0) is 16.7. The molecular formula is C20H24F2O. The largest absolute Gasteiger partial charge is 0.490 e. The van der Waals surface area contributed by atoms with Gasteiger partial charge in [0.1, 0.15) is 0 Å². The zero-order valence-corrected chi connectivity index (χ0v) is 13.9. The van der Waals surface area contributed by atoms with Gasteiger partial charge in [-0.3, -0.25) is 0 Å². The van der Waals surface area contributed by atoms with Crippen molar-refractivity contribution in [3.8, 4) is 16.9 Å². The average Bonchev–Trinajstić information content (AvgIpc) is 2.58. The molecular weight excluding hydrogens is 294 g/mol. The van der Waals surface area contributed by atoms with Gasteiger partial charge in [0.25, 0.3) is 0 Å². The Bertz CT molecular complexity index is 620. The van der Waals surface area contributed by atoms with Crippen molar-refractivity contribution >= 4 is 0 Å². The second kappa shape index (κ2) is 8.66. The molecule has 2 rings (SSSR count). The molecule has 0 heterocycles. The Labute approximate surface area is 137 Å². The Kier molecular flexibility index (Phi) is 6.57. The molecule has 0 spiro atoms. The smallest absolute Gasteiger partial charge is 0.201 e. The van der Waals surface area contributed by atoms with Crippen molar-refractivity contribution in [3.05, 3.63) is 53.6 Å². The monoisotopic (exact) mass is 318 g/mol. The molecule has 0 saturated carbocycles. The predicted octanol–water partition coefficient (Wildman–Crippen LogP) is 6.15. The lowest BCUT2D eigenvalue weighted by Gasteiger charge is -2.10. The van der Waals surface area contributed by atoms with Gasteiger partial charge in [-0.1, -0.05) is 51.0 Å². The van der Waals surface area contributed by atoms with E-state index in [4.69, 9.17) is 4.74 Å². The third kappa shape index (κ3) is 4.54. The lowest BCUT2D eigenvalue weighted by atomic mass is 10.0. The van der Waals surface area contributed by atoms with E-state index in [0.29, 0.717) is 12.2 Å². The number of halogens is 2. The van der Waals surface area contributed by atoms with Gasteiger partial charge in [0.05, 0.1) is 6.61 Å². The molecule has 0 aliphatic heterocycles. The van der Waals surface area contributed by atoms with Crippen molar-refractivity contribution in [2.45, 2.75) is 46.0 Å². The number of hydrogen-bond acceptors (Lipinski definition) is 1. The third-order valence-electron chi connectivity index (χ3n) is 3.89. The minimum Gasteiger partial charge on any atom is -0.490 e.